The van der Waals surface area contributed by atoms with E-state index < -0.39 is 0 Å². The van der Waals surface area contributed by atoms with Gasteiger partial charge in [0.25, 0.3) is 0 Å². The largest absolute Gasteiger partial charge is 0.341 e. The molecule has 5 nitrogen and oxygen atoms in total. The van der Waals surface area contributed by atoms with Crippen LogP contribution in [-0.4, -0.2) is 86.6 Å². The smallest absolute Gasteiger partial charge is 0.236 e. The average molecular weight is 282 g/mol. The van der Waals surface area contributed by atoms with Crippen LogP contribution < -0.4 is 5.32 Å². The molecule has 1 N–H and O–H groups in total. The molecule has 2 aliphatic rings. The van der Waals surface area contributed by atoms with E-state index in [-0.39, 0.29) is 0 Å². The minimum Gasteiger partial charge on any atom is -0.341 e. The molecule has 5 heteroatoms. The fourth-order valence-electron chi connectivity index (χ4n) is 3.07. The number of piperazine rings is 1. The fourth-order valence-corrected chi connectivity index (χ4v) is 3.07. The minimum absolute atomic E-state index is 0.305. The van der Waals surface area contributed by atoms with Gasteiger partial charge < -0.3 is 10.2 Å². The number of nitrogens with one attached hydrogen (secondary N) is 1. The van der Waals surface area contributed by atoms with E-state index in [9.17, 15) is 4.79 Å². The first kappa shape index (κ1) is 15.7. The minimum atomic E-state index is 0.305. The van der Waals surface area contributed by atoms with Crippen LogP contribution in [0.5, 0.6) is 0 Å². The molecule has 2 fully saturated rings. The Morgan fingerprint density at radius 1 is 1.30 bits per heavy atom. The molecule has 0 bridgehead atoms. The second-order valence-electron chi connectivity index (χ2n) is 6.42. The lowest BCUT2D eigenvalue weighted by Crippen LogP contribution is -2.48. The molecule has 0 aliphatic carbocycles. The van der Waals surface area contributed by atoms with Gasteiger partial charge >= 0.3 is 0 Å². The highest BCUT2D eigenvalue weighted by atomic mass is 16.2. The molecular weight excluding hydrogens is 252 g/mol. The predicted molar refractivity (Wildman–Crippen MR) is 81.8 cm³/mol. The summed E-state index contributed by atoms with van der Waals surface area (Å²) in [5, 5.41) is 3.37. The zero-order valence-electron chi connectivity index (χ0n) is 13.1. The van der Waals surface area contributed by atoms with E-state index in [1.54, 1.807) is 0 Å². The molecule has 0 spiro atoms. The van der Waals surface area contributed by atoms with Gasteiger partial charge in [0.1, 0.15) is 0 Å². The first-order valence-corrected chi connectivity index (χ1v) is 8.04. The maximum absolute atomic E-state index is 12.3. The standard InChI is InChI=1S/C15H30N4O/c1-14-4-3-7-19(12-14)15(20)13-17(2)10-11-18-8-5-16-6-9-18/h14,16H,3-13H2,1-2H3. The number of rotatable bonds is 5. The van der Waals surface area contributed by atoms with Crippen LogP contribution in [0.25, 0.3) is 0 Å². The molecular formula is C15H30N4O. The van der Waals surface area contributed by atoms with Crippen LogP contribution in [-0.2, 0) is 4.79 Å². The summed E-state index contributed by atoms with van der Waals surface area (Å²) in [7, 11) is 2.06. The Kier molecular flexibility index (Phi) is 6.26. The lowest BCUT2D eigenvalue weighted by atomic mass is 10.0. The van der Waals surface area contributed by atoms with Gasteiger partial charge in [0, 0.05) is 52.4 Å². The Bertz CT molecular complexity index is 304. The highest BCUT2D eigenvalue weighted by molar-refractivity contribution is 5.78. The topological polar surface area (TPSA) is 38.8 Å². The summed E-state index contributed by atoms with van der Waals surface area (Å²) in [4.78, 5) is 19.0. The Hall–Kier alpha value is -0.650. The molecule has 2 saturated heterocycles. The Morgan fingerprint density at radius 3 is 2.75 bits per heavy atom. The molecule has 2 aliphatic heterocycles. The van der Waals surface area contributed by atoms with Crippen LogP contribution in [0.3, 0.4) is 0 Å². The molecule has 2 heterocycles. The van der Waals surface area contributed by atoms with E-state index in [4.69, 9.17) is 0 Å². The summed E-state index contributed by atoms with van der Waals surface area (Å²) in [6.07, 6.45) is 2.43. The number of likely N-dealkylation sites (tertiary alicyclic amines) is 1. The van der Waals surface area contributed by atoms with Gasteiger partial charge in [-0.3, -0.25) is 14.6 Å². The number of hydrogen-bond donors (Lipinski definition) is 1. The average Bonchev–Trinajstić information content (AvgIpc) is 2.46. The summed E-state index contributed by atoms with van der Waals surface area (Å²) in [6.45, 7) is 11.2. The first-order valence-electron chi connectivity index (χ1n) is 8.04. The third-order valence-electron chi connectivity index (χ3n) is 4.42. The molecule has 0 radical (unpaired) electrons. The molecule has 0 saturated carbocycles. The number of carbonyl (C=O) groups excluding carboxylic acids is 1. The van der Waals surface area contributed by atoms with Crippen LogP contribution in [0.1, 0.15) is 19.8 Å². The van der Waals surface area contributed by atoms with Gasteiger partial charge in [0.05, 0.1) is 6.54 Å². The van der Waals surface area contributed by atoms with Crippen LogP contribution in [0.15, 0.2) is 0 Å². The molecule has 0 aromatic carbocycles. The predicted octanol–water partition coefficient (Wildman–Crippen LogP) is 0.0819. The maximum atomic E-state index is 12.3. The fraction of sp³-hybridized carbons (Fsp3) is 0.933. The van der Waals surface area contributed by atoms with Crippen molar-refractivity contribution >= 4 is 5.91 Å². The van der Waals surface area contributed by atoms with Crippen LogP contribution >= 0.6 is 0 Å². The molecule has 0 aromatic rings. The second-order valence-corrected chi connectivity index (χ2v) is 6.42. The van der Waals surface area contributed by atoms with Gasteiger partial charge in [-0.15, -0.1) is 0 Å². The molecule has 20 heavy (non-hydrogen) atoms. The van der Waals surface area contributed by atoms with Crippen molar-refractivity contribution < 1.29 is 4.79 Å². The number of amides is 1. The van der Waals surface area contributed by atoms with E-state index in [0.29, 0.717) is 18.4 Å². The third kappa shape index (κ3) is 5.04. The Balaban J connectivity index is 1.65. The van der Waals surface area contributed by atoms with E-state index in [1.807, 2.05) is 0 Å². The van der Waals surface area contributed by atoms with Gasteiger partial charge in [-0.25, -0.2) is 0 Å². The van der Waals surface area contributed by atoms with Crippen LogP contribution in [0.2, 0.25) is 0 Å². The lowest BCUT2D eigenvalue weighted by molar-refractivity contribution is -0.133. The SMILES string of the molecule is CC1CCCN(C(=O)CN(C)CCN2CCNCC2)C1. The summed E-state index contributed by atoms with van der Waals surface area (Å²) in [6, 6.07) is 0. The van der Waals surface area contributed by atoms with E-state index in [0.717, 1.165) is 58.8 Å². The Morgan fingerprint density at radius 2 is 2.05 bits per heavy atom. The summed E-state index contributed by atoms with van der Waals surface area (Å²) < 4.78 is 0. The molecule has 1 unspecified atom stereocenters. The number of hydrogen-bond acceptors (Lipinski definition) is 4. The van der Waals surface area contributed by atoms with Crippen molar-refractivity contribution in [3.05, 3.63) is 0 Å². The summed E-state index contributed by atoms with van der Waals surface area (Å²) in [5.74, 6) is 0.971. The second kappa shape index (κ2) is 7.96. The molecule has 116 valence electrons. The van der Waals surface area contributed by atoms with Crippen molar-refractivity contribution in [1.82, 2.24) is 20.0 Å². The molecule has 1 amide bonds. The number of likely N-dealkylation sites (N-methyl/N-ethyl adjacent to an activating group) is 1. The first-order chi connectivity index (χ1) is 9.65. The normalized spacial score (nSPS) is 25.1. The van der Waals surface area contributed by atoms with Gasteiger partial charge in [0.15, 0.2) is 0 Å². The van der Waals surface area contributed by atoms with Gasteiger partial charge in [-0.1, -0.05) is 6.92 Å². The molecule has 2 rings (SSSR count). The summed E-state index contributed by atoms with van der Waals surface area (Å²) in [5.41, 5.74) is 0. The number of carbonyl (C=O) groups is 1. The van der Waals surface area contributed by atoms with E-state index in [2.05, 4.69) is 34.0 Å². The van der Waals surface area contributed by atoms with Gasteiger partial charge in [-0.05, 0) is 25.8 Å². The monoisotopic (exact) mass is 282 g/mol. The van der Waals surface area contributed by atoms with Crippen molar-refractivity contribution in [3.63, 3.8) is 0 Å². The third-order valence-corrected chi connectivity index (χ3v) is 4.42. The van der Waals surface area contributed by atoms with Crippen molar-refractivity contribution in [2.24, 2.45) is 5.92 Å². The summed E-state index contributed by atoms with van der Waals surface area (Å²) >= 11 is 0. The highest BCUT2D eigenvalue weighted by Crippen LogP contribution is 2.15. The highest BCUT2D eigenvalue weighted by Gasteiger charge is 2.21. The zero-order chi connectivity index (χ0) is 14.4. The Labute approximate surface area is 123 Å². The van der Waals surface area contributed by atoms with Crippen LogP contribution in [0.4, 0.5) is 0 Å². The van der Waals surface area contributed by atoms with Gasteiger partial charge in [0.2, 0.25) is 5.91 Å². The van der Waals surface area contributed by atoms with Crippen molar-refractivity contribution in [3.8, 4) is 0 Å². The number of nitrogens with zero attached hydrogens (tertiary/aromatic N) is 3. The van der Waals surface area contributed by atoms with Crippen molar-refractivity contribution in [2.45, 2.75) is 19.8 Å². The van der Waals surface area contributed by atoms with E-state index >= 15 is 0 Å². The molecule has 1 atom stereocenters. The zero-order valence-corrected chi connectivity index (χ0v) is 13.1. The van der Waals surface area contributed by atoms with Gasteiger partial charge in [-0.2, -0.15) is 0 Å². The molecule has 0 aromatic heterocycles. The van der Waals surface area contributed by atoms with E-state index in [1.165, 1.54) is 6.42 Å². The quantitative estimate of drug-likeness (QED) is 0.775. The lowest BCUT2D eigenvalue weighted by Gasteiger charge is -2.33. The van der Waals surface area contributed by atoms with Crippen molar-refractivity contribution in [1.29, 1.82) is 0 Å². The number of piperidine rings is 1. The van der Waals surface area contributed by atoms with Crippen LogP contribution in [0, 0.1) is 5.92 Å². The van der Waals surface area contributed by atoms with Crippen molar-refractivity contribution in [2.75, 3.05) is 66.0 Å². The maximum Gasteiger partial charge on any atom is 0.236 e.